The summed E-state index contributed by atoms with van der Waals surface area (Å²) < 4.78 is 4.35. The number of aliphatic hydroxyl groups is 1. The number of benzene rings is 1. The van der Waals surface area contributed by atoms with Crippen molar-refractivity contribution >= 4 is 23.5 Å². The van der Waals surface area contributed by atoms with E-state index in [2.05, 4.69) is 10.1 Å². The highest BCUT2D eigenvalue weighted by Crippen LogP contribution is 2.19. The van der Waals surface area contributed by atoms with Gasteiger partial charge in [-0.15, -0.1) is 0 Å². The number of methoxy groups -OCH3 is 1. The fourth-order valence-corrected chi connectivity index (χ4v) is 1.63. The van der Waals surface area contributed by atoms with Crippen LogP contribution in [0.2, 0.25) is 0 Å². The lowest BCUT2D eigenvalue weighted by molar-refractivity contribution is -0.149. The van der Waals surface area contributed by atoms with Crippen LogP contribution in [-0.2, 0) is 14.3 Å². The molecular weight excluding hydrogens is 276 g/mol. The lowest BCUT2D eigenvalue weighted by atomic mass is 10.1. The first-order chi connectivity index (χ1) is 9.88. The highest BCUT2D eigenvalue weighted by Gasteiger charge is 2.19. The lowest BCUT2D eigenvalue weighted by Crippen LogP contribution is -2.38. The molecule has 0 aliphatic carbocycles. The van der Waals surface area contributed by atoms with Gasteiger partial charge < -0.3 is 20.1 Å². The summed E-state index contributed by atoms with van der Waals surface area (Å²) in [5, 5.41) is 11.8. The van der Waals surface area contributed by atoms with Crippen LogP contribution in [0.5, 0.6) is 0 Å². The zero-order valence-corrected chi connectivity index (χ0v) is 12.1. The molecule has 0 aromatic heterocycles. The fraction of sp³-hybridized carbons (Fsp3) is 0.357. The number of carbonyl (C=O) groups excluding carboxylic acids is 3. The molecule has 7 heteroatoms. The Hall–Kier alpha value is -2.41. The number of hydrogen-bond acceptors (Lipinski definition) is 5. The minimum absolute atomic E-state index is 0.218. The Labute approximate surface area is 122 Å². The SMILES string of the molecule is COC(=O)C(O)CNC(=O)c1ccccc1N(C)C(C)=O. The van der Waals surface area contributed by atoms with Crippen LogP contribution in [0.3, 0.4) is 0 Å². The van der Waals surface area contributed by atoms with Gasteiger partial charge in [0.15, 0.2) is 6.10 Å². The van der Waals surface area contributed by atoms with Crippen LogP contribution in [0.4, 0.5) is 5.69 Å². The molecule has 7 nitrogen and oxygen atoms in total. The normalized spacial score (nSPS) is 11.4. The van der Waals surface area contributed by atoms with E-state index in [1.807, 2.05) is 0 Å². The number of esters is 1. The Bertz CT molecular complexity index is 544. The maximum absolute atomic E-state index is 12.1. The summed E-state index contributed by atoms with van der Waals surface area (Å²) in [5.41, 5.74) is 0.710. The average Bonchev–Trinajstić information content (AvgIpc) is 2.50. The molecule has 21 heavy (non-hydrogen) atoms. The summed E-state index contributed by atoms with van der Waals surface area (Å²) in [5.74, 6) is -1.55. The Morgan fingerprint density at radius 3 is 2.52 bits per heavy atom. The van der Waals surface area contributed by atoms with E-state index in [4.69, 9.17) is 0 Å². The number of para-hydroxylation sites is 1. The molecule has 1 aromatic carbocycles. The quantitative estimate of drug-likeness (QED) is 0.741. The first-order valence-corrected chi connectivity index (χ1v) is 6.26. The summed E-state index contributed by atoms with van der Waals surface area (Å²) in [7, 11) is 2.70. The van der Waals surface area contributed by atoms with Gasteiger partial charge >= 0.3 is 5.97 Å². The van der Waals surface area contributed by atoms with E-state index in [1.165, 1.54) is 11.8 Å². The van der Waals surface area contributed by atoms with Gasteiger partial charge in [0.2, 0.25) is 5.91 Å². The number of nitrogens with one attached hydrogen (secondary N) is 1. The van der Waals surface area contributed by atoms with E-state index in [9.17, 15) is 19.5 Å². The highest BCUT2D eigenvalue weighted by atomic mass is 16.5. The van der Waals surface area contributed by atoms with Crippen LogP contribution in [0, 0.1) is 0 Å². The Balaban J connectivity index is 2.84. The van der Waals surface area contributed by atoms with Crippen LogP contribution in [0.1, 0.15) is 17.3 Å². The Morgan fingerprint density at radius 1 is 1.33 bits per heavy atom. The maximum atomic E-state index is 12.1. The van der Waals surface area contributed by atoms with Crippen molar-refractivity contribution in [1.29, 1.82) is 0 Å². The van der Waals surface area contributed by atoms with E-state index >= 15 is 0 Å². The van der Waals surface area contributed by atoms with Gasteiger partial charge in [0, 0.05) is 14.0 Å². The van der Waals surface area contributed by atoms with Crippen molar-refractivity contribution in [3.8, 4) is 0 Å². The summed E-state index contributed by atoms with van der Waals surface area (Å²) in [6, 6.07) is 6.54. The zero-order chi connectivity index (χ0) is 16.0. The molecule has 0 radical (unpaired) electrons. The van der Waals surface area contributed by atoms with E-state index in [0.29, 0.717) is 5.69 Å². The van der Waals surface area contributed by atoms with Crippen molar-refractivity contribution in [2.75, 3.05) is 25.6 Å². The molecule has 1 unspecified atom stereocenters. The zero-order valence-electron chi connectivity index (χ0n) is 12.1. The summed E-state index contributed by atoms with van der Waals surface area (Å²) in [4.78, 5) is 35.9. The summed E-state index contributed by atoms with van der Waals surface area (Å²) in [6.45, 7) is 1.11. The van der Waals surface area contributed by atoms with E-state index in [-0.39, 0.29) is 18.0 Å². The molecule has 2 N–H and O–H groups in total. The Morgan fingerprint density at radius 2 is 1.95 bits per heavy atom. The molecule has 0 saturated carbocycles. The van der Waals surface area contributed by atoms with Crippen molar-refractivity contribution in [2.24, 2.45) is 0 Å². The molecule has 0 aliphatic rings. The second-order valence-electron chi connectivity index (χ2n) is 4.34. The van der Waals surface area contributed by atoms with Crippen LogP contribution in [0.15, 0.2) is 24.3 Å². The fourth-order valence-electron chi connectivity index (χ4n) is 1.63. The molecule has 2 amide bonds. The predicted octanol–water partition coefficient (Wildman–Crippen LogP) is -0.0670. The Kier molecular flexibility index (Phi) is 5.86. The molecule has 1 atom stereocenters. The average molecular weight is 294 g/mol. The molecule has 114 valence electrons. The molecule has 0 heterocycles. The number of amides is 2. The highest BCUT2D eigenvalue weighted by molar-refractivity contribution is 6.04. The third-order valence-electron chi connectivity index (χ3n) is 2.91. The number of aliphatic hydroxyl groups excluding tert-OH is 1. The topological polar surface area (TPSA) is 95.9 Å². The maximum Gasteiger partial charge on any atom is 0.336 e. The number of ether oxygens (including phenoxy) is 1. The lowest BCUT2D eigenvalue weighted by Gasteiger charge is -2.19. The minimum atomic E-state index is -1.43. The number of anilines is 1. The molecule has 0 saturated heterocycles. The molecule has 0 fully saturated rings. The molecule has 1 aromatic rings. The smallest absolute Gasteiger partial charge is 0.336 e. The predicted molar refractivity (Wildman–Crippen MR) is 75.9 cm³/mol. The van der Waals surface area contributed by atoms with Crippen molar-refractivity contribution in [3.63, 3.8) is 0 Å². The van der Waals surface area contributed by atoms with E-state index < -0.39 is 18.0 Å². The first kappa shape index (κ1) is 16.6. The van der Waals surface area contributed by atoms with Gasteiger partial charge in [0.25, 0.3) is 5.91 Å². The monoisotopic (exact) mass is 294 g/mol. The molecule has 0 bridgehead atoms. The van der Waals surface area contributed by atoms with Crippen molar-refractivity contribution in [1.82, 2.24) is 5.32 Å². The third kappa shape index (κ3) is 4.28. The third-order valence-corrected chi connectivity index (χ3v) is 2.91. The molecule has 0 aliphatic heterocycles. The van der Waals surface area contributed by atoms with Gasteiger partial charge in [-0.1, -0.05) is 12.1 Å². The molecular formula is C14H18N2O5. The van der Waals surface area contributed by atoms with Crippen LogP contribution >= 0.6 is 0 Å². The van der Waals surface area contributed by atoms with Crippen molar-refractivity contribution < 1.29 is 24.2 Å². The standard InChI is InChI=1S/C14H18N2O5/c1-9(17)16(2)11-7-5-4-6-10(11)13(19)15-8-12(18)14(20)21-3/h4-7,12,18H,8H2,1-3H3,(H,15,19). The summed E-state index contributed by atoms with van der Waals surface area (Å²) >= 11 is 0. The van der Waals surface area contributed by atoms with Gasteiger partial charge in [-0.3, -0.25) is 9.59 Å². The molecule has 0 spiro atoms. The largest absolute Gasteiger partial charge is 0.467 e. The van der Waals surface area contributed by atoms with Crippen molar-refractivity contribution in [3.05, 3.63) is 29.8 Å². The van der Waals surface area contributed by atoms with E-state index in [1.54, 1.807) is 31.3 Å². The van der Waals surface area contributed by atoms with E-state index in [0.717, 1.165) is 7.11 Å². The van der Waals surface area contributed by atoms with Gasteiger partial charge in [0.1, 0.15) is 0 Å². The van der Waals surface area contributed by atoms with Gasteiger partial charge in [0.05, 0.1) is 24.9 Å². The van der Waals surface area contributed by atoms with Crippen molar-refractivity contribution in [2.45, 2.75) is 13.0 Å². The number of nitrogens with zero attached hydrogens (tertiary/aromatic N) is 1. The van der Waals surface area contributed by atoms with Crippen LogP contribution in [-0.4, -0.2) is 49.7 Å². The second-order valence-corrected chi connectivity index (χ2v) is 4.34. The first-order valence-electron chi connectivity index (χ1n) is 6.26. The van der Waals surface area contributed by atoms with Crippen LogP contribution in [0.25, 0.3) is 0 Å². The van der Waals surface area contributed by atoms with Gasteiger partial charge in [-0.2, -0.15) is 0 Å². The number of rotatable bonds is 5. The number of carbonyl (C=O) groups is 3. The minimum Gasteiger partial charge on any atom is -0.467 e. The van der Waals surface area contributed by atoms with Gasteiger partial charge in [-0.05, 0) is 12.1 Å². The summed E-state index contributed by atoms with van der Waals surface area (Å²) in [6.07, 6.45) is -1.43. The second kappa shape index (κ2) is 7.39. The van der Waals surface area contributed by atoms with Crippen LogP contribution < -0.4 is 10.2 Å². The molecule has 1 rings (SSSR count). The van der Waals surface area contributed by atoms with Gasteiger partial charge in [-0.25, -0.2) is 4.79 Å². The number of hydrogen-bond donors (Lipinski definition) is 2.